The third-order valence-corrected chi connectivity index (χ3v) is 3.46. The summed E-state index contributed by atoms with van der Waals surface area (Å²) in [6.07, 6.45) is 5.01. The van der Waals surface area contributed by atoms with Gasteiger partial charge < -0.3 is 9.88 Å². The number of aromatic nitrogens is 1. The van der Waals surface area contributed by atoms with E-state index in [0.717, 1.165) is 25.9 Å². The highest BCUT2D eigenvalue weighted by molar-refractivity contribution is 5.93. The maximum absolute atomic E-state index is 12.1. The Bertz CT molecular complexity index is 466. The molecule has 0 saturated carbocycles. The Morgan fingerprint density at radius 3 is 2.59 bits per heavy atom. The van der Waals surface area contributed by atoms with Crippen LogP contribution in [-0.4, -0.2) is 28.9 Å². The predicted molar refractivity (Wildman–Crippen MR) is 66.0 cm³/mol. The second-order valence-electron chi connectivity index (χ2n) is 5.38. The molecule has 0 radical (unpaired) electrons. The van der Waals surface area contributed by atoms with Crippen molar-refractivity contribution in [3.8, 4) is 0 Å². The van der Waals surface area contributed by atoms with Gasteiger partial charge in [-0.25, -0.2) is 0 Å². The van der Waals surface area contributed by atoms with Crippen LogP contribution in [0.15, 0.2) is 23.3 Å². The number of piperidine rings is 1. The third-order valence-electron chi connectivity index (χ3n) is 3.46. The van der Waals surface area contributed by atoms with E-state index in [1.165, 1.54) is 12.3 Å². The highest BCUT2D eigenvalue weighted by Gasteiger charge is 2.28. The predicted octanol–water partition coefficient (Wildman–Crippen LogP) is 1.64. The molecular weight excluding hydrogens is 216 g/mol. The van der Waals surface area contributed by atoms with Crippen molar-refractivity contribution in [3.63, 3.8) is 0 Å². The van der Waals surface area contributed by atoms with E-state index in [1.54, 1.807) is 11.1 Å². The van der Waals surface area contributed by atoms with Crippen molar-refractivity contribution in [2.24, 2.45) is 5.41 Å². The Hall–Kier alpha value is -1.58. The lowest BCUT2D eigenvalue weighted by Gasteiger charge is -2.36. The highest BCUT2D eigenvalue weighted by atomic mass is 16.2. The Morgan fingerprint density at radius 2 is 2.00 bits per heavy atom. The largest absolute Gasteiger partial charge is 0.367 e. The van der Waals surface area contributed by atoms with Crippen molar-refractivity contribution in [1.29, 1.82) is 0 Å². The highest BCUT2D eigenvalue weighted by Crippen LogP contribution is 2.29. The zero-order valence-electron chi connectivity index (χ0n) is 10.3. The monoisotopic (exact) mass is 234 g/mol. The van der Waals surface area contributed by atoms with E-state index < -0.39 is 0 Å². The quantitative estimate of drug-likeness (QED) is 0.803. The maximum atomic E-state index is 12.1. The first-order valence-corrected chi connectivity index (χ1v) is 5.96. The first-order valence-electron chi connectivity index (χ1n) is 5.96. The van der Waals surface area contributed by atoms with E-state index in [4.69, 9.17) is 0 Å². The fourth-order valence-corrected chi connectivity index (χ4v) is 2.07. The first-order chi connectivity index (χ1) is 7.99. The Morgan fingerprint density at radius 1 is 1.35 bits per heavy atom. The lowest BCUT2D eigenvalue weighted by Crippen LogP contribution is -2.42. The standard InChI is InChI=1S/C13H18N2O2/c1-13(2)4-7-15(8-5-13)12(17)10-9-14-6-3-11(10)16/h3,6,9H,4-5,7-8H2,1-2H3,(H,14,16). The smallest absolute Gasteiger partial charge is 0.259 e. The maximum Gasteiger partial charge on any atom is 0.259 e. The van der Waals surface area contributed by atoms with Crippen molar-refractivity contribution >= 4 is 5.91 Å². The Balaban J connectivity index is 2.13. The zero-order chi connectivity index (χ0) is 12.5. The number of nitrogens with one attached hydrogen (secondary N) is 1. The molecule has 0 unspecified atom stereocenters. The van der Waals surface area contributed by atoms with Gasteiger partial charge in [-0.2, -0.15) is 0 Å². The van der Waals surface area contributed by atoms with Gasteiger partial charge in [-0.1, -0.05) is 13.8 Å². The number of pyridine rings is 1. The Kier molecular flexibility index (Phi) is 3.05. The van der Waals surface area contributed by atoms with E-state index in [0.29, 0.717) is 5.41 Å². The van der Waals surface area contributed by atoms with Crippen molar-refractivity contribution < 1.29 is 4.79 Å². The van der Waals surface area contributed by atoms with Gasteiger partial charge in [-0.05, 0) is 18.3 Å². The summed E-state index contributed by atoms with van der Waals surface area (Å²) in [6.45, 7) is 5.90. The number of rotatable bonds is 1. The zero-order valence-corrected chi connectivity index (χ0v) is 10.3. The molecule has 0 atom stereocenters. The average Bonchev–Trinajstić information content (AvgIpc) is 2.29. The summed E-state index contributed by atoms with van der Waals surface area (Å²) in [4.78, 5) is 28.3. The van der Waals surface area contributed by atoms with Crippen molar-refractivity contribution in [2.75, 3.05) is 13.1 Å². The SMILES string of the molecule is CC1(C)CCN(C(=O)c2c[nH]ccc2=O)CC1. The topological polar surface area (TPSA) is 53.2 Å². The van der Waals surface area contributed by atoms with Crippen molar-refractivity contribution in [3.05, 3.63) is 34.2 Å². The number of likely N-dealkylation sites (tertiary alicyclic amines) is 1. The van der Waals surface area contributed by atoms with Gasteiger partial charge in [0.05, 0.1) is 0 Å². The number of H-pyrrole nitrogens is 1. The molecule has 1 aromatic rings. The molecule has 0 aliphatic carbocycles. The molecule has 2 rings (SSSR count). The van der Waals surface area contributed by atoms with Gasteiger partial charge in [0, 0.05) is 31.5 Å². The van der Waals surface area contributed by atoms with Crippen molar-refractivity contribution in [1.82, 2.24) is 9.88 Å². The number of carbonyl (C=O) groups is 1. The lowest BCUT2D eigenvalue weighted by atomic mass is 9.82. The number of hydrogen-bond donors (Lipinski definition) is 1. The molecule has 17 heavy (non-hydrogen) atoms. The van der Waals surface area contributed by atoms with E-state index in [2.05, 4.69) is 18.8 Å². The van der Waals surface area contributed by atoms with Crippen LogP contribution in [0.5, 0.6) is 0 Å². The van der Waals surface area contributed by atoms with E-state index in [9.17, 15) is 9.59 Å². The molecule has 0 bridgehead atoms. The molecular formula is C13H18N2O2. The van der Waals surface area contributed by atoms with Gasteiger partial charge in [0.1, 0.15) is 5.56 Å². The summed E-state index contributed by atoms with van der Waals surface area (Å²) in [5.41, 5.74) is 0.339. The van der Waals surface area contributed by atoms with Gasteiger partial charge in [0.15, 0.2) is 5.43 Å². The van der Waals surface area contributed by atoms with E-state index >= 15 is 0 Å². The summed E-state index contributed by atoms with van der Waals surface area (Å²) in [5, 5.41) is 0. The van der Waals surface area contributed by atoms with Gasteiger partial charge in [-0.15, -0.1) is 0 Å². The molecule has 1 aromatic heterocycles. The summed E-state index contributed by atoms with van der Waals surface area (Å²) in [5.74, 6) is -0.151. The Labute approximate surface area is 101 Å². The number of carbonyl (C=O) groups excluding carboxylic acids is 1. The number of amides is 1. The minimum absolute atomic E-state index is 0.151. The summed E-state index contributed by atoms with van der Waals surface area (Å²) in [6, 6.07) is 1.39. The number of hydrogen-bond acceptors (Lipinski definition) is 2. The van der Waals surface area contributed by atoms with Crippen LogP contribution >= 0.6 is 0 Å². The molecule has 1 aliphatic rings. The van der Waals surface area contributed by atoms with Gasteiger partial charge >= 0.3 is 0 Å². The van der Waals surface area contributed by atoms with E-state index in [-0.39, 0.29) is 16.9 Å². The molecule has 1 aliphatic heterocycles. The number of nitrogens with zero attached hydrogens (tertiary/aromatic N) is 1. The molecule has 2 heterocycles. The third kappa shape index (κ3) is 2.57. The van der Waals surface area contributed by atoms with Gasteiger partial charge in [0.25, 0.3) is 5.91 Å². The number of aromatic amines is 1. The van der Waals surface area contributed by atoms with Crippen LogP contribution in [0.1, 0.15) is 37.0 Å². The molecule has 92 valence electrons. The van der Waals surface area contributed by atoms with Crippen molar-refractivity contribution in [2.45, 2.75) is 26.7 Å². The summed E-state index contributed by atoms with van der Waals surface area (Å²) >= 11 is 0. The second kappa shape index (κ2) is 4.35. The van der Waals surface area contributed by atoms with Crippen LogP contribution in [0.3, 0.4) is 0 Å². The van der Waals surface area contributed by atoms with Crippen LogP contribution in [0.25, 0.3) is 0 Å². The summed E-state index contributed by atoms with van der Waals surface area (Å²) < 4.78 is 0. The molecule has 4 heteroatoms. The molecule has 1 N–H and O–H groups in total. The average molecular weight is 234 g/mol. The van der Waals surface area contributed by atoms with Gasteiger partial charge in [-0.3, -0.25) is 9.59 Å². The van der Waals surface area contributed by atoms with Crippen LogP contribution in [-0.2, 0) is 0 Å². The molecule has 0 spiro atoms. The molecule has 4 nitrogen and oxygen atoms in total. The van der Waals surface area contributed by atoms with Gasteiger partial charge in [0.2, 0.25) is 0 Å². The van der Waals surface area contributed by atoms with Crippen LogP contribution in [0.4, 0.5) is 0 Å². The fraction of sp³-hybridized carbons (Fsp3) is 0.538. The normalized spacial score (nSPS) is 19.1. The van der Waals surface area contributed by atoms with Crippen LogP contribution in [0, 0.1) is 5.41 Å². The lowest BCUT2D eigenvalue weighted by molar-refractivity contribution is 0.0628. The van der Waals surface area contributed by atoms with Crippen LogP contribution < -0.4 is 5.43 Å². The molecule has 1 fully saturated rings. The minimum Gasteiger partial charge on any atom is -0.367 e. The second-order valence-corrected chi connectivity index (χ2v) is 5.38. The molecule has 1 amide bonds. The van der Waals surface area contributed by atoms with Crippen LogP contribution in [0.2, 0.25) is 0 Å². The summed E-state index contributed by atoms with van der Waals surface area (Å²) in [7, 11) is 0. The molecule has 1 saturated heterocycles. The minimum atomic E-state index is -0.210. The molecule has 0 aromatic carbocycles. The first kappa shape index (κ1) is 11.9. The fourth-order valence-electron chi connectivity index (χ4n) is 2.07. The van der Waals surface area contributed by atoms with E-state index in [1.807, 2.05) is 0 Å².